The lowest BCUT2D eigenvalue weighted by molar-refractivity contribution is -0.130. The molecule has 0 aliphatic heterocycles. The second-order valence-electron chi connectivity index (χ2n) is 4.82. The Bertz CT molecular complexity index is 347. The van der Waals surface area contributed by atoms with Gasteiger partial charge < -0.3 is 0 Å². The molecular weight excluding hydrogens is 184 g/mol. The van der Waals surface area contributed by atoms with E-state index in [1.165, 1.54) is 12.0 Å². The number of carbonyl (C=O) groups excluding carboxylic acids is 1. The highest BCUT2D eigenvalue weighted by molar-refractivity contribution is 5.92. The van der Waals surface area contributed by atoms with Gasteiger partial charge in [-0.25, -0.2) is 0 Å². The molecule has 1 aromatic carbocycles. The lowest BCUT2D eigenvalue weighted by atomic mass is 9.60. The molecule has 0 atom stereocenters. The third kappa shape index (κ3) is 1.60. The summed E-state index contributed by atoms with van der Waals surface area (Å²) in [6, 6.07) is 10.3. The predicted molar refractivity (Wildman–Crippen MR) is 61.8 cm³/mol. The molecule has 0 bridgehead atoms. The molecule has 0 aromatic heterocycles. The van der Waals surface area contributed by atoms with Gasteiger partial charge in [-0.05, 0) is 18.4 Å². The second-order valence-corrected chi connectivity index (χ2v) is 4.82. The van der Waals surface area contributed by atoms with Crippen molar-refractivity contribution in [1.82, 2.24) is 0 Å². The molecule has 1 aliphatic rings. The third-order valence-electron chi connectivity index (χ3n) is 3.53. The fourth-order valence-electron chi connectivity index (χ4n) is 2.52. The van der Waals surface area contributed by atoms with Crippen molar-refractivity contribution in [1.29, 1.82) is 0 Å². The Hall–Kier alpha value is -1.11. The van der Waals surface area contributed by atoms with Gasteiger partial charge in [0, 0.05) is 5.92 Å². The summed E-state index contributed by atoms with van der Waals surface area (Å²) in [4.78, 5) is 12.2. The Kier molecular flexibility index (Phi) is 2.64. The van der Waals surface area contributed by atoms with E-state index in [0.717, 1.165) is 12.8 Å². The van der Waals surface area contributed by atoms with Crippen LogP contribution < -0.4 is 0 Å². The van der Waals surface area contributed by atoms with Gasteiger partial charge in [0.15, 0.2) is 0 Å². The summed E-state index contributed by atoms with van der Waals surface area (Å²) in [6.45, 7) is 4.01. The minimum absolute atomic E-state index is 0.143. The van der Waals surface area contributed by atoms with Crippen LogP contribution in [-0.2, 0) is 10.2 Å². The summed E-state index contributed by atoms with van der Waals surface area (Å²) in [5.74, 6) is 0.561. The molecule has 1 nitrogen and oxygen atoms in total. The Balaban J connectivity index is 2.34. The number of carbonyl (C=O) groups is 1. The predicted octanol–water partition coefficient (Wildman–Crippen LogP) is 3.33. The molecule has 2 rings (SSSR count). The molecule has 0 N–H and O–H groups in total. The van der Waals surface area contributed by atoms with Gasteiger partial charge in [-0.2, -0.15) is 0 Å². The van der Waals surface area contributed by atoms with E-state index >= 15 is 0 Å². The maximum Gasteiger partial charge on any atom is 0.145 e. The van der Waals surface area contributed by atoms with Crippen LogP contribution in [0.1, 0.15) is 38.7 Å². The Morgan fingerprint density at radius 1 is 1.20 bits per heavy atom. The second kappa shape index (κ2) is 3.80. The Labute approximate surface area is 91.5 Å². The highest BCUT2D eigenvalue weighted by Crippen LogP contribution is 2.45. The zero-order chi connectivity index (χ0) is 10.9. The lowest BCUT2D eigenvalue weighted by Crippen LogP contribution is -2.44. The van der Waals surface area contributed by atoms with Crippen molar-refractivity contribution in [3.05, 3.63) is 35.9 Å². The number of Topliss-reactive ketones (excluding diaryl/α,β-unsaturated/α-hetero) is 1. The van der Waals surface area contributed by atoms with Crippen LogP contribution in [0, 0.1) is 5.92 Å². The topological polar surface area (TPSA) is 17.1 Å². The Morgan fingerprint density at radius 2 is 1.80 bits per heavy atom. The number of rotatable bonds is 3. The molecule has 1 aromatic rings. The normalized spacial score (nSPS) is 18.6. The fourth-order valence-corrected chi connectivity index (χ4v) is 2.52. The minimum Gasteiger partial charge on any atom is -0.298 e. The first-order valence-corrected chi connectivity index (χ1v) is 5.77. The molecule has 0 saturated heterocycles. The van der Waals surface area contributed by atoms with E-state index in [9.17, 15) is 4.79 Å². The van der Waals surface area contributed by atoms with Gasteiger partial charge in [0.25, 0.3) is 0 Å². The van der Waals surface area contributed by atoms with Crippen molar-refractivity contribution in [3.8, 4) is 0 Å². The lowest BCUT2D eigenvalue weighted by Gasteiger charge is -2.42. The fraction of sp³-hybridized carbons (Fsp3) is 0.500. The van der Waals surface area contributed by atoms with Crippen molar-refractivity contribution >= 4 is 5.78 Å². The van der Waals surface area contributed by atoms with E-state index < -0.39 is 0 Å². The average molecular weight is 202 g/mol. The molecule has 0 unspecified atom stereocenters. The third-order valence-corrected chi connectivity index (χ3v) is 3.53. The monoisotopic (exact) mass is 202 g/mol. The van der Waals surface area contributed by atoms with Crippen molar-refractivity contribution in [2.24, 2.45) is 5.92 Å². The van der Waals surface area contributed by atoms with Crippen LogP contribution >= 0.6 is 0 Å². The molecule has 0 radical (unpaired) electrons. The standard InChI is InChI=1S/C14H18O/c1-11(2)13(15)14(9-6-10-14)12-7-4-3-5-8-12/h3-5,7-8,11H,6,9-10H2,1-2H3. The molecule has 1 saturated carbocycles. The van der Waals surface area contributed by atoms with Gasteiger partial charge in [-0.1, -0.05) is 50.6 Å². The van der Waals surface area contributed by atoms with E-state index in [-0.39, 0.29) is 11.3 Å². The van der Waals surface area contributed by atoms with Crippen molar-refractivity contribution in [2.45, 2.75) is 38.5 Å². The SMILES string of the molecule is CC(C)C(=O)C1(c2ccccc2)CCC1. The highest BCUT2D eigenvalue weighted by Gasteiger charge is 2.45. The molecule has 0 heterocycles. The summed E-state index contributed by atoms with van der Waals surface area (Å²) in [6.07, 6.45) is 3.26. The molecule has 0 amide bonds. The molecule has 1 heteroatoms. The summed E-state index contributed by atoms with van der Waals surface area (Å²) in [5, 5.41) is 0. The number of ketones is 1. The van der Waals surface area contributed by atoms with Gasteiger partial charge >= 0.3 is 0 Å². The van der Waals surface area contributed by atoms with E-state index in [4.69, 9.17) is 0 Å². The van der Waals surface area contributed by atoms with Crippen LogP contribution in [0.5, 0.6) is 0 Å². The molecule has 1 fully saturated rings. The average Bonchev–Trinajstić information content (AvgIpc) is 2.17. The zero-order valence-corrected chi connectivity index (χ0v) is 9.49. The van der Waals surface area contributed by atoms with E-state index in [2.05, 4.69) is 12.1 Å². The minimum atomic E-state index is -0.143. The molecule has 1 aliphatic carbocycles. The van der Waals surface area contributed by atoms with Gasteiger partial charge in [0.2, 0.25) is 0 Å². The van der Waals surface area contributed by atoms with Crippen LogP contribution in [-0.4, -0.2) is 5.78 Å². The maximum absolute atomic E-state index is 12.2. The molecule has 80 valence electrons. The largest absolute Gasteiger partial charge is 0.298 e. The zero-order valence-electron chi connectivity index (χ0n) is 9.49. The van der Waals surface area contributed by atoms with E-state index in [1.54, 1.807) is 0 Å². The number of hydrogen-bond donors (Lipinski definition) is 0. The van der Waals surface area contributed by atoms with Crippen molar-refractivity contribution in [2.75, 3.05) is 0 Å². The first kappa shape index (κ1) is 10.4. The number of hydrogen-bond acceptors (Lipinski definition) is 1. The van der Waals surface area contributed by atoms with E-state index in [0.29, 0.717) is 5.78 Å². The summed E-state index contributed by atoms with van der Waals surface area (Å²) >= 11 is 0. The van der Waals surface area contributed by atoms with Gasteiger partial charge in [-0.15, -0.1) is 0 Å². The summed E-state index contributed by atoms with van der Waals surface area (Å²) in [5.41, 5.74) is 1.07. The van der Waals surface area contributed by atoms with E-state index in [1.807, 2.05) is 32.0 Å². The number of benzene rings is 1. The van der Waals surface area contributed by atoms with Crippen LogP contribution in [0.2, 0.25) is 0 Å². The summed E-state index contributed by atoms with van der Waals surface area (Å²) in [7, 11) is 0. The van der Waals surface area contributed by atoms with Crippen molar-refractivity contribution in [3.63, 3.8) is 0 Å². The first-order valence-electron chi connectivity index (χ1n) is 5.77. The van der Waals surface area contributed by atoms with Crippen LogP contribution in [0.25, 0.3) is 0 Å². The van der Waals surface area contributed by atoms with Crippen molar-refractivity contribution < 1.29 is 4.79 Å². The smallest absolute Gasteiger partial charge is 0.145 e. The molecular formula is C14H18O. The quantitative estimate of drug-likeness (QED) is 0.734. The van der Waals surface area contributed by atoms with Gasteiger partial charge in [-0.3, -0.25) is 4.79 Å². The molecule has 15 heavy (non-hydrogen) atoms. The highest BCUT2D eigenvalue weighted by atomic mass is 16.1. The van der Waals surface area contributed by atoms with Crippen LogP contribution in [0.15, 0.2) is 30.3 Å². The summed E-state index contributed by atoms with van der Waals surface area (Å²) < 4.78 is 0. The maximum atomic E-state index is 12.2. The van der Waals surface area contributed by atoms with Crippen LogP contribution in [0.4, 0.5) is 0 Å². The van der Waals surface area contributed by atoms with Gasteiger partial charge in [0.1, 0.15) is 5.78 Å². The Morgan fingerprint density at radius 3 is 2.20 bits per heavy atom. The van der Waals surface area contributed by atoms with Gasteiger partial charge in [0.05, 0.1) is 5.41 Å². The first-order chi connectivity index (χ1) is 7.17. The van der Waals surface area contributed by atoms with Crippen LogP contribution in [0.3, 0.4) is 0 Å². The molecule has 0 spiro atoms.